The second kappa shape index (κ2) is 18.1. The fourth-order valence-electron chi connectivity index (χ4n) is 5.91. The Morgan fingerprint density at radius 3 is 1.53 bits per heavy atom. The van der Waals surface area contributed by atoms with Gasteiger partial charge in [-0.25, -0.2) is 0 Å². The fourth-order valence-corrected chi connectivity index (χ4v) is 6.58. The first-order valence-corrected chi connectivity index (χ1v) is 17.4. The molecule has 0 amide bonds. The highest BCUT2D eigenvalue weighted by Gasteiger charge is 2.37. The molecule has 2 unspecified atom stereocenters. The van der Waals surface area contributed by atoms with Crippen molar-refractivity contribution in [2.45, 2.75) is 45.3 Å². The van der Waals surface area contributed by atoms with Gasteiger partial charge in [-0.15, -0.1) is 0 Å². The van der Waals surface area contributed by atoms with Gasteiger partial charge in [0.25, 0.3) is 0 Å². The van der Waals surface area contributed by atoms with E-state index in [1.54, 1.807) is 18.2 Å². The van der Waals surface area contributed by atoms with Gasteiger partial charge >= 0.3 is 0 Å². The van der Waals surface area contributed by atoms with Gasteiger partial charge in [0.1, 0.15) is 47.4 Å². The lowest BCUT2D eigenvalue weighted by Gasteiger charge is -2.27. The Kier molecular flexibility index (Phi) is 14.2. The minimum Gasteiger partial charge on any atom is -0.492 e. The molecule has 0 aliphatic carbocycles. The summed E-state index contributed by atoms with van der Waals surface area (Å²) in [6, 6.07) is 30.5. The molecular formula is C39H48Cl3N3O4. The van der Waals surface area contributed by atoms with Crippen LogP contribution in [0.1, 0.15) is 34.1 Å². The van der Waals surface area contributed by atoms with E-state index in [-0.39, 0.29) is 18.6 Å². The zero-order valence-corrected chi connectivity index (χ0v) is 29.8. The molecule has 4 aromatic carbocycles. The minimum atomic E-state index is -0.246. The van der Waals surface area contributed by atoms with E-state index in [9.17, 15) is 0 Å². The number of benzene rings is 4. The Morgan fingerprint density at radius 2 is 1.08 bits per heavy atom. The van der Waals surface area contributed by atoms with Crippen molar-refractivity contribution < 1.29 is 18.9 Å². The van der Waals surface area contributed by atoms with Crippen molar-refractivity contribution in [2.24, 2.45) is 0 Å². The van der Waals surface area contributed by atoms with E-state index in [0.29, 0.717) is 45.5 Å². The van der Waals surface area contributed by atoms with Gasteiger partial charge in [0.2, 0.25) is 0 Å². The summed E-state index contributed by atoms with van der Waals surface area (Å²) in [5.74, 6) is 3.19. The number of para-hydroxylation sites is 2. The summed E-state index contributed by atoms with van der Waals surface area (Å²) in [5, 5.41) is 1.72. The number of hydrogen-bond donors (Lipinski definition) is 1. The molecule has 10 heteroatoms. The van der Waals surface area contributed by atoms with Crippen LogP contribution in [-0.2, 0) is 0 Å². The molecular weight excluding hydrogens is 681 g/mol. The van der Waals surface area contributed by atoms with Crippen molar-refractivity contribution in [3.63, 3.8) is 0 Å². The molecule has 2 fully saturated rings. The third-order valence-electron chi connectivity index (χ3n) is 8.43. The Hall–Kier alpha value is -3.33. The quantitative estimate of drug-likeness (QED) is 0.146. The molecule has 0 bridgehead atoms. The number of anilines is 1. The van der Waals surface area contributed by atoms with E-state index in [1.165, 1.54) is 0 Å². The molecule has 2 aliphatic rings. The highest BCUT2D eigenvalue weighted by atomic mass is 35.5. The van der Waals surface area contributed by atoms with Crippen LogP contribution in [-0.4, -0.2) is 73.5 Å². The molecule has 0 radical (unpaired) electrons. The van der Waals surface area contributed by atoms with Crippen LogP contribution in [0.5, 0.6) is 23.0 Å². The number of rotatable bonds is 12. The minimum absolute atomic E-state index is 0. The Labute approximate surface area is 306 Å². The van der Waals surface area contributed by atoms with Gasteiger partial charge in [0, 0.05) is 62.8 Å². The Bertz CT molecular complexity index is 1480. The van der Waals surface area contributed by atoms with Crippen LogP contribution in [0.2, 0.25) is 15.1 Å². The maximum absolute atomic E-state index is 6.22. The number of nitrogens with two attached hydrogens (primary N) is 1. The fraction of sp³-hybridized carbons (Fsp3) is 0.385. The topological polar surface area (TPSA) is 69.4 Å². The summed E-state index contributed by atoms with van der Waals surface area (Å²) in [6.07, 6.45) is 1.91. The van der Waals surface area contributed by atoms with Gasteiger partial charge in [0.15, 0.2) is 0 Å². The summed E-state index contributed by atoms with van der Waals surface area (Å²) in [6.45, 7) is 11.0. The lowest BCUT2D eigenvalue weighted by Crippen LogP contribution is -2.37. The molecule has 2 heterocycles. The summed E-state index contributed by atoms with van der Waals surface area (Å²) >= 11 is 18.4. The van der Waals surface area contributed by atoms with Crippen LogP contribution in [0.3, 0.4) is 0 Å². The van der Waals surface area contributed by atoms with Gasteiger partial charge in [0.05, 0.1) is 10.0 Å². The Morgan fingerprint density at radius 1 is 0.633 bits per heavy atom. The van der Waals surface area contributed by atoms with Gasteiger partial charge in [-0.1, -0.05) is 78.6 Å². The largest absolute Gasteiger partial charge is 0.492 e. The molecule has 6 rings (SSSR count). The van der Waals surface area contributed by atoms with Crippen molar-refractivity contribution >= 4 is 40.5 Å². The summed E-state index contributed by atoms with van der Waals surface area (Å²) in [7, 11) is 0. The van der Waals surface area contributed by atoms with Crippen LogP contribution in [0.25, 0.3) is 0 Å². The predicted molar refractivity (Wildman–Crippen MR) is 203 cm³/mol. The summed E-state index contributed by atoms with van der Waals surface area (Å²) in [4.78, 5) is 4.71. The number of hydrogen-bond acceptors (Lipinski definition) is 7. The number of nitrogens with zero attached hydrogens (tertiary/aromatic N) is 2. The molecule has 0 saturated carbocycles. The molecule has 2 saturated heterocycles. The first kappa shape index (κ1) is 38.5. The van der Waals surface area contributed by atoms with Crippen molar-refractivity contribution in [3.05, 3.63) is 112 Å². The van der Waals surface area contributed by atoms with Crippen LogP contribution in [0.4, 0.5) is 5.69 Å². The normalized spacial score (nSPS) is 20.5. The number of halogens is 3. The molecule has 0 aromatic heterocycles. The Balaban J connectivity index is 0.000000216. The highest BCUT2D eigenvalue weighted by molar-refractivity contribution is 6.35. The molecule has 2 N–H and O–H groups in total. The van der Waals surface area contributed by atoms with Crippen LogP contribution >= 0.6 is 34.8 Å². The molecule has 7 nitrogen and oxygen atoms in total. The third-order valence-corrected chi connectivity index (χ3v) is 9.26. The van der Waals surface area contributed by atoms with Gasteiger partial charge in [-0.3, -0.25) is 9.80 Å². The molecule has 264 valence electrons. The first-order chi connectivity index (χ1) is 23.1. The van der Waals surface area contributed by atoms with Gasteiger partial charge in [-0.2, -0.15) is 0 Å². The monoisotopic (exact) mass is 727 g/mol. The van der Waals surface area contributed by atoms with Gasteiger partial charge in [-0.05, 0) is 74.5 Å². The summed E-state index contributed by atoms with van der Waals surface area (Å²) < 4.78 is 23.9. The summed E-state index contributed by atoms with van der Waals surface area (Å²) in [5.41, 5.74) is 5.88. The standard InChI is InChI=1S/C19H21Cl2NO2.C19H23ClN2O2.CH4/c1-19(24-18-8-7-15(20)13-17(18)21)9-10-22(14-19)11-12-23-16-5-3-2-4-6-16;1-19(24-18-8-7-15(21)13-17(18)20)9-10-22(14-19)11-12-23-16-5-3-2-4-6-16;/h2-8,13H,9-12,14H2,1H3;2-8,13H,9-12,14,21H2,1H3;1H4. The van der Waals surface area contributed by atoms with E-state index < -0.39 is 0 Å². The van der Waals surface area contributed by atoms with E-state index in [1.807, 2.05) is 78.9 Å². The zero-order chi connectivity index (χ0) is 34.0. The molecule has 2 aliphatic heterocycles. The van der Waals surface area contributed by atoms with Crippen molar-refractivity contribution in [3.8, 4) is 23.0 Å². The SMILES string of the molecule is C.CC1(Oc2ccc(Cl)cc2Cl)CCN(CCOc2ccccc2)C1.CC1(Oc2ccc(N)cc2Cl)CCN(CCOc2ccccc2)C1. The smallest absolute Gasteiger partial charge is 0.138 e. The zero-order valence-electron chi connectivity index (χ0n) is 27.5. The van der Waals surface area contributed by atoms with E-state index in [2.05, 4.69) is 23.6 Å². The van der Waals surface area contributed by atoms with Crippen molar-refractivity contribution in [1.82, 2.24) is 9.80 Å². The molecule has 0 spiro atoms. The number of likely N-dealkylation sites (tertiary alicyclic amines) is 2. The molecule has 4 aromatic rings. The van der Waals surface area contributed by atoms with Crippen molar-refractivity contribution in [2.75, 3.05) is 58.2 Å². The molecule has 2 atom stereocenters. The lowest BCUT2D eigenvalue weighted by atomic mass is 10.1. The average Bonchev–Trinajstić information content (AvgIpc) is 3.63. The van der Waals surface area contributed by atoms with E-state index in [0.717, 1.165) is 63.6 Å². The predicted octanol–water partition coefficient (Wildman–Crippen LogP) is 9.40. The van der Waals surface area contributed by atoms with Crippen molar-refractivity contribution in [1.29, 1.82) is 0 Å². The van der Waals surface area contributed by atoms with E-state index >= 15 is 0 Å². The number of nitrogen functional groups attached to an aromatic ring is 1. The molecule has 49 heavy (non-hydrogen) atoms. The highest BCUT2D eigenvalue weighted by Crippen LogP contribution is 2.35. The lowest BCUT2D eigenvalue weighted by molar-refractivity contribution is 0.0932. The van der Waals surface area contributed by atoms with Crippen LogP contribution < -0.4 is 24.7 Å². The first-order valence-electron chi connectivity index (χ1n) is 16.3. The second-order valence-corrected chi connectivity index (χ2v) is 14.0. The van der Waals surface area contributed by atoms with Crippen LogP contribution in [0.15, 0.2) is 97.1 Å². The van der Waals surface area contributed by atoms with E-state index in [4.69, 9.17) is 59.5 Å². The average molecular weight is 729 g/mol. The maximum Gasteiger partial charge on any atom is 0.138 e. The maximum atomic E-state index is 6.22. The third kappa shape index (κ3) is 11.9. The second-order valence-electron chi connectivity index (χ2n) is 12.7. The van der Waals surface area contributed by atoms with Crippen LogP contribution in [0, 0.1) is 0 Å². The number of ether oxygens (including phenoxy) is 4. The van der Waals surface area contributed by atoms with Gasteiger partial charge < -0.3 is 24.7 Å².